The van der Waals surface area contributed by atoms with Crippen LogP contribution in [0.2, 0.25) is 0 Å². The third-order valence-corrected chi connectivity index (χ3v) is 4.45. The highest BCUT2D eigenvalue weighted by molar-refractivity contribution is 5.62. The number of rotatable bonds is 3. The number of carbonyl (C=O) groups excluding carboxylic acids is 1. The number of pyridine rings is 1. The van der Waals surface area contributed by atoms with Gasteiger partial charge in [-0.1, -0.05) is 0 Å². The average Bonchev–Trinajstić information content (AvgIpc) is 3.16. The van der Waals surface area contributed by atoms with Crippen molar-refractivity contribution in [3.63, 3.8) is 0 Å². The van der Waals surface area contributed by atoms with Crippen LogP contribution in [0.25, 0.3) is 17.1 Å². The van der Waals surface area contributed by atoms with E-state index in [0.29, 0.717) is 11.5 Å². The second-order valence-corrected chi connectivity index (χ2v) is 6.40. The summed E-state index contributed by atoms with van der Waals surface area (Å²) in [7, 11) is 0. The van der Waals surface area contributed by atoms with E-state index < -0.39 is 5.92 Å². The summed E-state index contributed by atoms with van der Waals surface area (Å²) in [6.45, 7) is 4.42. The SMILES string of the molecule is C=O.Cc1cnc(-c2cc(N3CCC(F)(F)CC3)nn2-c2cccnc2)cn1. The van der Waals surface area contributed by atoms with Crippen LogP contribution in [0.1, 0.15) is 18.5 Å². The monoisotopic (exact) mass is 386 g/mol. The summed E-state index contributed by atoms with van der Waals surface area (Å²) in [6, 6.07) is 5.58. The van der Waals surface area contributed by atoms with Crippen LogP contribution in [0.3, 0.4) is 0 Å². The van der Waals surface area contributed by atoms with Crippen LogP contribution in [-0.2, 0) is 4.79 Å². The minimum Gasteiger partial charge on any atom is -0.355 e. The zero-order valence-corrected chi connectivity index (χ0v) is 15.4. The highest BCUT2D eigenvalue weighted by Gasteiger charge is 2.35. The zero-order valence-electron chi connectivity index (χ0n) is 15.4. The number of aromatic nitrogens is 5. The van der Waals surface area contributed by atoms with Gasteiger partial charge in [0.25, 0.3) is 5.92 Å². The summed E-state index contributed by atoms with van der Waals surface area (Å²) in [6.07, 6.45) is 6.45. The Kier molecular flexibility index (Phi) is 5.72. The highest BCUT2D eigenvalue weighted by atomic mass is 19.3. The van der Waals surface area contributed by atoms with E-state index in [4.69, 9.17) is 4.79 Å². The predicted molar refractivity (Wildman–Crippen MR) is 101 cm³/mol. The lowest BCUT2D eigenvalue weighted by molar-refractivity contribution is -0.0980. The Labute approximate surface area is 161 Å². The molecule has 0 spiro atoms. The molecule has 0 aliphatic carbocycles. The van der Waals surface area contributed by atoms with Crippen molar-refractivity contribution in [3.05, 3.63) is 48.7 Å². The first-order chi connectivity index (χ1) is 13.5. The summed E-state index contributed by atoms with van der Waals surface area (Å²) >= 11 is 0. The molecule has 1 fully saturated rings. The number of hydrogen-bond donors (Lipinski definition) is 0. The molecule has 3 aromatic rings. The molecular formula is C19H20F2N6O. The first kappa shape index (κ1) is 19.5. The van der Waals surface area contributed by atoms with E-state index in [-0.39, 0.29) is 25.9 Å². The van der Waals surface area contributed by atoms with E-state index in [2.05, 4.69) is 20.1 Å². The number of halogens is 2. The predicted octanol–water partition coefficient (Wildman–Crippen LogP) is 3.08. The Morgan fingerprint density at radius 2 is 1.86 bits per heavy atom. The molecule has 0 bridgehead atoms. The molecule has 4 heterocycles. The van der Waals surface area contributed by atoms with E-state index >= 15 is 0 Å². The summed E-state index contributed by atoms with van der Waals surface area (Å²) in [5.74, 6) is -1.94. The summed E-state index contributed by atoms with van der Waals surface area (Å²) in [5.41, 5.74) is 3.01. The third-order valence-electron chi connectivity index (χ3n) is 4.45. The molecule has 1 aliphatic heterocycles. The number of anilines is 1. The third kappa shape index (κ3) is 4.19. The number of nitrogens with zero attached hydrogens (tertiary/aromatic N) is 6. The van der Waals surface area contributed by atoms with Crippen LogP contribution < -0.4 is 4.90 Å². The maximum absolute atomic E-state index is 13.5. The molecule has 0 unspecified atom stereocenters. The largest absolute Gasteiger partial charge is 0.355 e. The Balaban J connectivity index is 0.00000109. The second-order valence-electron chi connectivity index (χ2n) is 6.40. The van der Waals surface area contributed by atoms with Crippen LogP contribution >= 0.6 is 0 Å². The van der Waals surface area contributed by atoms with Crippen LogP contribution in [0.4, 0.5) is 14.6 Å². The molecule has 28 heavy (non-hydrogen) atoms. The molecule has 0 atom stereocenters. The lowest BCUT2D eigenvalue weighted by Crippen LogP contribution is -2.39. The molecule has 0 N–H and O–H groups in total. The van der Waals surface area contributed by atoms with Gasteiger partial charge in [-0.3, -0.25) is 15.0 Å². The van der Waals surface area contributed by atoms with Crippen molar-refractivity contribution in [1.29, 1.82) is 0 Å². The molecule has 0 aromatic carbocycles. The molecule has 1 saturated heterocycles. The zero-order chi connectivity index (χ0) is 20.1. The maximum atomic E-state index is 13.5. The number of piperidine rings is 1. The molecule has 3 aromatic heterocycles. The van der Waals surface area contributed by atoms with Gasteiger partial charge in [0, 0.05) is 44.4 Å². The van der Waals surface area contributed by atoms with Crippen molar-refractivity contribution < 1.29 is 13.6 Å². The van der Waals surface area contributed by atoms with Crippen molar-refractivity contribution in [2.45, 2.75) is 25.7 Å². The molecule has 7 nitrogen and oxygen atoms in total. The van der Waals surface area contributed by atoms with E-state index in [1.807, 2.05) is 36.8 Å². The topological polar surface area (TPSA) is 76.8 Å². The Hall–Kier alpha value is -3.23. The van der Waals surface area contributed by atoms with E-state index in [9.17, 15) is 8.78 Å². The minimum atomic E-state index is -2.59. The molecular weight excluding hydrogens is 366 g/mol. The van der Waals surface area contributed by atoms with Gasteiger partial charge in [-0.15, -0.1) is 5.10 Å². The maximum Gasteiger partial charge on any atom is 0.251 e. The smallest absolute Gasteiger partial charge is 0.251 e. The van der Waals surface area contributed by atoms with Crippen LogP contribution in [0.15, 0.2) is 43.0 Å². The van der Waals surface area contributed by atoms with Gasteiger partial charge >= 0.3 is 0 Å². The van der Waals surface area contributed by atoms with Crippen molar-refractivity contribution in [2.24, 2.45) is 0 Å². The first-order valence-corrected chi connectivity index (χ1v) is 8.73. The van der Waals surface area contributed by atoms with Gasteiger partial charge in [-0.2, -0.15) is 0 Å². The quantitative estimate of drug-likeness (QED) is 0.689. The van der Waals surface area contributed by atoms with Crippen molar-refractivity contribution >= 4 is 12.6 Å². The Morgan fingerprint density at radius 3 is 2.46 bits per heavy atom. The minimum absolute atomic E-state index is 0.160. The summed E-state index contributed by atoms with van der Waals surface area (Å²) in [4.78, 5) is 22.8. The van der Waals surface area contributed by atoms with Crippen molar-refractivity contribution in [3.8, 4) is 17.1 Å². The summed E-state index contributed by atoms with van der Waals surface area (Å²) in [5, 5.41) is 4.64. The average molecular weight is 386 g/mol. The Morgan fingerprint density at radius 1 is 1.11 bits per heavy atom. The number of carbonyl (C=O) groups is 1. The van der Waals surface area contributed by atoms with Gasteiger partial charge in [0.15, 0.2) is 5.82 Å². The lowest BCUT2D eigenvalue weighted by Gasteiger charge is -2.31. The highest BCUT2D eigenvalue weighted by Crippen LogP contribution is 2.32. The standard InChI is InChI=1S/C18H18F2N6.CH2O/c1-13-10-23-15(12-22-13)16-9-17(25-7-4-18(19,20)5-8-25)24-26(16)14-3-2-6-21-11-14;1-2/h2-3,6,9-12H,4-5,7-8H2,1H3;1H2. The fourth-order valence-electron chi connectivity index (χ4n) is 2.97. The lowest BCUT2D eigenvalue weighted by atomic mass is 10.1. The van der Waals surface area contributed by atoms with Crippen LogP contribution in [0, 0.1) is 6.92 Å². The van der Waals surface area contributed by atoms with E-state index in [0.717, 1.165) is 17.1 Å². The Bertz CT molecular complexity index is 904. The van der Waals surface area contributed by atoms with Crippen LogP contribution in [-0.4, -0.2) is 50.5 Å². The molecule has 0 saturated carbocycles. The molecule has 4 rings (SSSR count). The fourth-order valence-corrected chi connectivity index (χ4v) is 2.97. The second kappa shape index (κ2) is 8.20. The molecule has 1 aliphatic rings. The normalized spacial score (nSPS) is 15.6. The summed E-state index contributed by atoms with van der Waals surface area (Å²) < 4.78 is 28.7. The fraction of sp³-hybridized carbons (Fsp3) is 0.316. The van der Waals surface area contributed by atoms with Crippen molar-refractivity contribution in [2.75, 3.05) is 18.0 Å². The van der Waals surface area contributed by atoms with E-state index in [1.54, 1.807) is 29.5 Å². The number of aryl methyl sites for hydroxylation is 1. The molecule has 9 heteroatoms. The molecule has 0 amide bonds. The van der Waals surface area contributed by atoms with Crippen molar-refractivity contribution in [1.82, 2.24) is 24.7 Å². The van der Waals surface area contributed by atoms with E-state index in [1.165, 1.54) is 0 Å². The van der Waals surface area contributed by atoms with Gasteiger partial charge in [0.05, 0.1) is 29.5 Å². The van der Waals surface area contributed by atoms with Gasteiger partial charge in [-0.05, 0) is 19.1 Å². The number of hydrogen-bond acceptors (Lipinski definition) is 6. The first-order valence-electron chi connectivity index (χ1n) is 8.73. The van der Waals surface area contributed by atoms with Gasteiger partial charge in [0.1, 0.15) is 12.5 Å². The van der Waals surface area contributed by atoms with Gasteiger partial charge in [0.2, 0.25) is 0 Å². The molecule has 0 radical (unpaired) electrons. The van der Waals surface area contributed by atoms with Crippen LogP contribution in [0.5, 0.6) is 0 Å². The van der Waals surface area contributed by atoms with Gasteiger partial charge < -0.3 is 9.69 Å². The van der Waals surface area contributed by atoms with Gasteiger partial charge in [-0.25, -0.2) is 13.5 Å². The molecule has 146 valence electrons. The number of alkyl halides is 2.